The predicted molar refractivity (Wildman–Crippen MR) is 133 cm³/mol. The Hall–Kier alpha value is -3.74. The molecule has 0 atom stereocenters. The molecule has 3 heterocycles. The zero-order valence-electron chi connectivity index (χ0n) is 20.4. The maximum atomic E-state index is 13.3. The monoisotopic (exact) mass is 473 g/mol. The van der Waals surface area contributed by atoms with Crippen LogP contribution in [0.4, 0.5) is 0 Å². The molecule has 1 fully saturated rings. The zero-order valence-corrected chi connectivity index (χ0v) is 20.4. The second kappa shape index (κ2) is 9.13. The second-order valence-corrected chi connectivity index (χ2v) is 9.55. The molecule has 182 valence electrons. The summed E-state index contributed by atoms with van der Waals surface area (Å²) >= 11 is 0. The van der Waals surface area contributed by atoms with Gasteiger partial charge in [-0.25, -0.2) is 0 Å². The first kappa shape index (κ1) is 23.0. The highest BCUT2D eigenvalue weighted by Gasteiger charge is 2.45. The molecule has 1 aromatic heterocycles. The minimum atomic E-state index is -0.518. The molecule has 0 aliphatic carbocycles. The van der Waals surface area contributed by atoms with E-state index < -0.39 is 5.60 Å². The van der Waals surface area contributed by atoms with Gasteiger partial charge in [0.2, 0.25) is 6.41 Å². The highest BCUT2D eigenvalue weighted by atomic mass is 16.5. The van der Waals surface area contributed by atoms with Crippen molar-refractivity contribution >= 4 is 12.3 Å². The van der Waals surface area contributed by atoms with Crippen molar-refractivity contribution < 1.29 is 19.1 Å². The molecule has 1 spiro atoms. The summed E-state index contributed by atoms with van der Waals surface area (Å²) in [5, 5.41) is 2.78. The maximum Gasteiger partial charge on any atom is 0.253 e. The van der Waals surface area contributed by atoms with E-state index in [9.17, 15) is 9.59 Å². The number of hydrogen-bond acceptors (Lipinski definition) is 4. The van der Waals surface area contributed by atoms with Crippen molar-refractivity contribution in [3.63, 3.8) is 0 Å². The second-order valence-electron chi connectivity index (χ2n) is 9.55. The number of fused-ring (bicyclic) bond motifs is 4. The molecular formula is C28H31N3O4. The molecule has 0 unspecified atom stereocenters. The van der Waals surface area contributed by atoms with E-state index >= 15 is 0 Å². The number of aromatic nitrogens is 1. The number of hydrogen-bond donors (Lipinski definition) is 1. The fourth-order valence-electron chi connectivity index (χ4n) is 5.17. The number of benzene rings is 2. The molecule has 7 heteroatoms. The minimum absolute atomic E-state index is 0.0292. The van der Waals surface area contributed by atoms with Gasteiger partial charge in [0.25, 0.3) is 5.91 Å². The molecule has 0 bridgehead atoms. The van der Waals surface area contributed by atoms with Crippen LogP contribution < -0.4 is 14.8 Å². The molecule has 2 aromatic carbocycles. The van der Waals surface area contributed by atoms with Crippen molar-refractivity contribution in [1.82, 2.24) is 14.8 Å². The molecule has 0 saturated carbocycles. The standard InChI is InChI=1S/C28H31N3O4/c1-19(2)34-24-10-8-21(16-20(24)3)27(33)30-14-12-28(13-15-30)26-11-9-22(17-29-18-32)31(26)23-6-4-5-7-25(23)35-28/h4-11,16,18-19H,12-15,17H2,1-3H3,(H,29,32). The number of para-hydroxylation sites is 2. The lowest BCUT2D eigenvalue weighted by Crippen LogP contribution is -2.50. The number of carbonyl (C=O) groups is 2. The summed E-state index contributed by atoms with van der Waals surface area (Å²) in [6.07, 6.45) is 2.17. The Morgan fingerprint density at radius 3 is 2.63 bits per heavy atom. The number of nitrogens with zero attached hydrogens (tertiary/aromatic N) is 2. The summed E-state index contributed by atoms with van der Waals surface area (Å²) in [7, 11) is 0. The largest absolute Gasteiger partial charge is 0.491 e. The molecule has 2 aliphatic rings. The molecule has 7 nitrogen and oxygen atoms in total. The lowest BCUT2D eigenvalue weighted by Gasteiger charge is -2.45. The lowest BCUT2D eigenvalue weighted by atomic mass is 9.86. The van der Waals surface area contributed by atoms with Crippen LogP contribution in [0.15, 0.2) is 54.6 Å². The molecule has 1 N–H and O–H groups in total. The number of amides is 2. The van der Waals surface area contributed by atoms with Gasteiger partial charge in [-0.2, -0.15) is 0 Å². The van der Waals surface area contributed by atoms with E-state index in [1.54, 1.807) is 0 Å². The number of carbonyl (C=O) groups excluding carboxylic acids is 2. The van der Waals surface area contributed by atoms with Gasteiger partial charge in [0.1, 0.15) is 11.5 Å². The van der Waals surface area contributed by atoms with Crippen molar-refractivity contribution in [1.29, 1.82) is 0 Å². The van der Waals surface area contributed by atoms with Crippen LogP contribution in [0.3, 0.4) is 0 Å². The third kappa shape index (κ3) is 4.16. The van der Waals surface area contributed by atoms with E-state index in [1.165, 1.54) is 0 Å². The fraction of sp³-hybridized carbons (Fsp3) is 0.357. The molecule has 35 heavy (non-hydrogen) atoms. The molecule has 1 saturated heterocycles. The Kier molecular flexibility index (Phi) is 6.01. The van der Waals surface area contributed by atoms with Crippen LogP contribution in [0.5, 0.6) is 11.5 Å². The zero-order chi connectivity index (χ0) is 24.6. The third-order valence-electron chi connectivity index (χ3n) is 6.85. The van der Waals surface area contributed by atoms with E-state index in [1.807, 2.05) is 74.2 Å². The van der Waals surface area contributed by atoms with Crippen LogP contribution in [0, 0.1) is 6.92 Å². The Bertz CT molecular complexity index is 1250. The van der Waals surface area contributed by atoms with Gasteiger partial charge in [0, 0.05) is 37.2 Å². The summed E-state index contributed by atoms with van der Waals surface area (Å²) in [5.74, 6) is 1.66. The Balaban J connectivity index is 1.38. The SMILES string of the molecule is Cc1cc(C(=O)N2CCC3(CC2)Oc2ccccc2-n2c(CNC=O)ccc23)ccc1OC(C)C. The van der Waals surface area contributed by atoms with Crippen LogP contribution in [0.1, 0.15) is 54.0 Å². The topological polar surface area (TPSA) is 72.8 Å². The Labute approximate surface area is 205 Å². The van der Waals surface area contributed by atoms with Crippen molar-refractivity contribution in [3.05, 3.63) is 77.1 Å². The van der Waals surface area contributed by atoms with Gasteiger partial charge >= 0.3 is 0 Å². The van der Waals surface area contributed by atoms with Crippen LogP contribution >= 0.6 is 0 Å². The van der Waals surface area contributed by atoms with E-state index in [2.05, 4.69) is 16.0 Å². The van der Waals surface area contributed by atoms with Gasteiger partial charge in [-0.15, -0.1) is 0 Å². The van der Waals surface area contributed by atoms with Crippen molar-refractivity contribution in [2.45, 2.75) is 51.9 Å². The number of ether oxygens (including phenoxy) is 2. The molecular weight excluding hydrogens is 442 g/mol. The normalized spacial score (nSPS) is 15.8. The highest BCUT2D eigenvalue weighted by Crippen LogP contribution is 2.46. The average Bonchev–Trinajstić information content (AvgIpc) is 3.29. The summed E-state index contributed by atoms with van der Waals surface area (Å²) in [5.41, 5.74) is 4.15. The van der Waals surface area contributed by atoms with Crippen LogP contribution in [-0.4, -0.2) is 41.0 Å². The summed E-state index contributed by atoms with van der Waals surface area (Å²) in [4.78, 5) is 26.2. The van der Waals surface area contributed by atoms with Gasteiger partial charge in [0.05, 0.1) is 24.0 Å². The number of nitrogens with one attached hydrogen (secondary N) is 1. The summed E-state index contributed by atoms with van der Waals surface area (Å²) < 4.78 is 14.7. The smallest absolute Gasteiger partial charge is 0.253 e. The Morgan fingerprint density at radius 2 is 1.91 bits per heavy atom. The number of likely N-dealkylation sites (tertiary alicyclic amines) is 1. The maximum absolute atomic E-state index is 13.3. The molecule has 5 rings (SSSR count). The molecule has 3 aromatic rings. The van der Waals surface area contributed by atoms with E-state index in [-0.39, 0.29) is 12.0 Å². The molecule has 0 radical (unpaired) electrons. The first-order valence-electron chi connectivity index (χ1n) is 12.1. The first-order valence-corrected chi connectivity index (χ1v) is 12.1. The van der Waals surface area contributed by atoms with Crippen molar-refractivity contribution in [3.8, 4) is 17.2 Å². The highest BCUT2D eigenvalue weighted by molar-refractivity contribution is 5.94. The van der Waals surface area contributed by atoms with Crippen molar-refractivity contribution in [2.24, 2.45) is 0 Å². The average molecular weight is 474 g/mol. The Morgan fingerprint density at radius 1 is 1.14 bits per heavy atom. The first-order chi connectivity index (χ1) is 16.9. The van der Waals surface area contributed by atoms with Crippen LogP contribution in [-0.2, 0) is 16.9 Å². The number of rotatable bonds is 6. The quantitative estimate of drug-likeness (QED) is 0.541. The summed E-state index contributed by atoms with van der Waals surface area (Å²) in [6.45, 7) is 7.58. The van der Waals surface area contributed by atoms with Crippen molar-refractivity contribution in [2.75, 3.05) is 13.1 Å². The number of piperidine rings is 1. The van der Waals surface area contributed by atoms with E-state index in [0.29, 0.717) is 44.4 Å². The third-order valence-corrected chi connectivity index (χ3v) is 6.85. The van der Waals surface area contributed by atoms with Gasteiger partial charge in [-0.1, -0.05) is 12.1 Å². The van der Waals surface area contributed by atoms with Crippen LogP contribution in [0.25, 0.3) is 5.69 Å². The van der Waals surface area contributed by atoms with E-state index in [4.69, 9.17) is 9.47 Å². The van der Waals surface area contributed by atoms with Gasteiger partial charge in [0.15, 0.2) is 5.60 Å². The van der Waals surface area contributed by atoms with Crippen LogP contribution in [0.2, 0.25) is 0 Å². The van der Waals surface area contributed by atoms with Gasteiger partial charge in [-0.05, 0) is 68.8 Å². The fourth-order valence-corrected chi connectivity index (χ4v) is 5.17. The lowest BCUT2D eigenvalue weighted by molar-refractivity contribution is -0.109. The molecule has 2 amide bonds. The van der Waals surface area contributed by atoms with Gasteiger partial charge in [-0.3, -0.25) is 9.59 Å². The summed E-state index contributed by atoms with van der Waals surface area (Å²) in [6, 6.07) is 17.8. The minimum Gasteiger partial charge on any atom is -0.491 e. The van der Waals surface area contributed by atoms with E-state index in [0.717, 1.165) is 34.1 Å². The molecule has 2 aliphatic heterocycles. The predicted octanol–water partition coefficient (Wildman–Crippen LogP) is 4.34. The number of aryl methyl sites for hydroxylation is 1. The van der Waals surface area contributed by atoms with Gasteiger partial charge < -0.3 is 24.3 Å².